The maximum Gasteiger partial charge on any atom is 0.317 e. The maximum absolute atomic E-state index is 10.5. The van der Waals surface area contributed by atoms with Crippen molar-refractivity contribution in [3.05, 3.63) is 24.3 Å². The molecule has 0 radical (unpaired) electrons. The molecular formula is C13H18N2O3. The molecule has 5 heteroatoms. The summed E-state index contributed by atoms with van der Waals surface area (Å²) in [5.74, 6) is 0.0383. The Kier molecular flexibility index (Phi) is 4.04. The lowest BCUT2D eigenvalue weighted by Crippen LogP contribution is -2.35. The molecule has 1 heterocycles. The summed E-state index contributed by atoms with van der Waals surface area (Å²) in [6.07, 6.45) is 0.972. The number of nitrogens with one attached hydrogen (secondary N) is 1. The molecule has 1 unspecified atom stereocenters. The minimum atomic E-state index is -0.808. The minimum absolute atomic E-state index is 0.0289. The average Bonchev–Trinajstić information content (AvgIpc) is 2.85. The van der Waals surface area contributed by atoms with Crippen molar-refractivity contribution in [2.45, 2.75) is 12.5 Å². The molecule has 2 rings (SSSR count). The third-order valence-corrected chi connectivity index (χ3v) is 3.17. The lowest BCUT2D eigenvalue weighted by atomic mass is 10.2. The molecule has 0 aliphatic carbocycles. The van der Waals surface area contributed by atoms with Gasteiger partial charge in [0, 0.05) is 24.8 Å². The van der Waals surface area contributed by atoms with E-state index in [1.807, 2.05) is 24.3 Å². The number of hydrogen-bond acceptors (Lipinski definition) is 4. The van der Waals surface area contributed by atoms with Crippen LogP contribution in [0.4, 0.5) is 5.69 Å². The van der Waals surface area contributed by atoms with Crippen molar-refractivity contribution in [1.29, 1.82) is 0 Å². The number of methoxy groups -OCH3 is 1. The SMILES string of the molecule is COc1ccc(N2CCC(NCC(=O)O)C2)cc1. The molecule has 0 aromatic heterocycles. The van der Waals surface area contributed by atoms with Gasteiger partial charge in [0.05, 0.1) is 13.7 Å². The summed E-state index contributed by atoms with van der Waals surface area (Å²) in [7, 11) is 1.65. The van der Waals surface area contributed by atoms with E-state index < -0.39 is 5.97 Å². The molecule has 0 spiro atoms. The van der Waals surface area contributed by atoms with Crippen LogP contribution in [0.25, 0.3) is 0 Å². The number of carbonyl (C=O) groups is 1. The molecule has 1 aromatic rings. The molecule has 0 amide bonds. The summed E-state index contributed by atoms with van der Waals surface area (Å²) in [6, 6.07) is 8.18. The zero-order valence-electron chi connectivity index (χ0n) is 10.4. The van der Waals surface area contributed by atoms with E-state index in [4.69, 9.17) is 9.84 Å². The van der Waals surface area contributed by atoms with E-state index in [2.05, 4.69) is 10.2 Å². The van der Waals surface area contributed by atoms with Crippen LogP contribution >= 0.6 is 0 Å². The van der Waals surface area contributed by atoms with Crippen molar-refractivity contribution in [2.75, 3.05) is 31.6 Å². The van der Waals surface area contributed by atoms with Gasteiger partial charge in [-0.1, -0.05) is 0 Å². The predicted octanol–water partition coefficient (Wildman–Crippen LogP) is 0.948. The molecular weight excluding hydrogens is 232 g/mol. The number of rotatable bonds is 5. The highest BCUT2D eigenvalue weighted by Crippen LogP contribution is 2.22. The topological polar surface area (TPSA) is 61.8 Å². The third kappa shape index (κ3) is 3.13. The van der Waals surface area contributed by atoms with Gasteiger partial charge in [-0.3, -0.25) is 4.79 Å². The van der Waals surface area contributed by atoms with E-state index in [-0.39, 0.29) is 12.6 Å². The maximum atomic E-state index is 10.5. The van der Waals surface area contributed by atoms with Gasteiger partial charge >= 0.3 is 5.97 Å². The van der Waals surface area contributed by atoms with Gasteiger partial charge in [0.1, 0.15) is 5.75 Å². The van der Waals surface area contributed by atoms with Crippen molar-refractivity contribution in [3.8, 4) is 5.75 Å². The van der Waals surface area contributed by atoms with Crippen LogP contribution in [0.2, 0.25) is 0 Å². The predicted molar refractivity (Wildman–Crippen MR) is 69.3 cm³/mol. The number of aliphatic carboxylic acids is 1. The fraction of sp³-hybridized carbons (Fsp3) is 0.462. The number of hydrogen-bond donors (Lipinski definition) is 2. The van der Waals surface area contributed by atoms with Gasteiger partial charge in [-0.2, -0.15) is 0 Å². The van der Waals surface area contributed by atoms with E-state index in [0.29, 0.717) is 0 Å². The smallest absolute Gasteiger partial charge is 0.317 e. The number of nitrogens with zero attached hydrogens (tertiary/aromatic N) is 1. The van der Waals surface area contributed by atoms with E-state index in [1.54, 1.807) is 7.11 Å². The van der Waals surface area contributed by atoms with Gasteiger partial charge in [0.25, 0.3) is 0 Å². The standard InChI is InChI=1S/C13H18N2O3/c1-18-12-4-2-11(3-5-12)15-7-6-10(9-15)14-8-13(16)17/h2-5,10,14H,6-9H2,1H3,(H,16,17). The van der Waals surface area contributed by atoms with Crippen LogP contribution in [-0.4, -0.2) is 43.9 Å². The summed E-state index contributed by atoms with van der Waals surface area (Å²) >= 11 is 0. The molecule has 1 fully saturated rings. The van der Waals surface area contributed by atoms with Crippen molar-refractivity contribution < 1.29 is 14.6 Å². The molecule has 2 N–H and O–H groups in total. The Morgan fingerprint density at radius 1 is 1.50 bits per heavy atom. The summed E-state index contributed by atoms with van der Waals surface area (Å²) in [5, 5.41) is 11.7. The first-order valence-electron chi connectivity index (χ1n) is 6.03. The number of anilines is 1. The van der Waals surface area contributed by atoms with Crippen LogP contribution in [-0.2, 0) is 4.79 Å². The Hall–Kier alpha value is -1.75. The molecule has 1 saturated heterocycles. The van der Waals surface area contributed by atoms with Crippen LogP contribution in [0.1, 0.15) is 6.42 Å². The summed E-state index contributed by atoms with van der Waals surface area (Å²) in [6.45, 7) is 1.82. The van der Waals surface area contributed by atoms with Crippen molar-refractivity contribution in [3.63, 3.8) is 0 Å². The minimum Gasteiger partial charge on any atom is -0.497 e. The molecule has 1 atom stereocenters. The van der Waals surface area contributed by atoms with Gasteiger partial charge < -0.3 is 20.1 Å². The fourth-order valence-corrected chi connectivity index (χ4v) is 2.19. The second kappa shape index (κ2) is 5.73. The Balaban J connectivity index is 1.89. The van der Waals surface area contributed by atoms with Crippen LogP contribution in [0.15, 0.2) is 24.3 Å². The third-order valence-electron chi connectivity index (χ3n) is 3.17. The van der Waals surface area contributed by atoms with Crippen LogP contribution in [0.3, 0.4) is 0 Å². The normalized spacial score (nSPS) is 18.9. The van der Waals surface area contributed by atoms with Gasteiger partial charge in [0.15, 0.2) is 0 Å². The fourth-order valence-electron chi connectivity index (χ4n) is 2.19. The zero-order valence-corrected chi connectivity index (χ0v) is 10.4. The molecule has 98 valence electrons. The van der Waals surface area contributed by atoms with Crippen LogP contribution in [0.5, 0.6) is 5.75 Å². The molecule has 1 aliphatic rings. The summed E-state index contributed by atoms with van der Waals surface area (Å²) in [4.78, 5) is 12.7. The first-order chi connectivity index (χ1) is 8.69. The Morgan fingerprint density at radius 2 is 2.22 bits per heavy atom. The number of benzene rings is 1. The van der Waals surface area contributed by atoms with Crippen LogP contribution < -0.4 is 15.0 Å². The van der Waals surface area contributed by atoms with Crippen LogP contribution in [0, 0.1) is 0 Å². The highest BCUT2D eigenvalue weighted by Gasteiger charge is 2.22. The lowest BCUT2D eigenvalue weighted by molar-refractivity contribution is -0.136. The Labute approximate surface area is 106 Å². The van der Waals surface area contributed by atoms with Gasteiger partial charge in [-0.15, -0.1) is 0 Å². The molecule has 0 bridgehead atoms. The highest BCUT2D eigenvalue weighted by molar-refractivity contribution is 5.69. The Morgan fingerprint density at radius 3 is 2.83 bits per heavy atom. The van der Waals surface area contributed by atoms with Gasteiger partial charge in [-0.05, 0) is 30.7 Å². The second-order valence-electron chi connectivity index (χ2n) is 4.40. The van der Waals surface area contributed by atoms with E-state index in [9.17, 15) is 4.79 Å². The van der Waals surface area contributed by atoms with Crippen molar-refractivity contribution >= 4 is 11.7 Å². The molecule has 18 heavy (non-hydrogen) atoms. The quantitative estimate of drug-likeness (QED) is 0.814. The van der Waals surface area contributed by atoms with E-state index >= 15 is 0 Å². The Bertz CT molecular complexity index is 405. The largest absolute Gasteiger partial charge is 0.497 e. The first kappa shape index (κ1) is 12.7. The number of carboxylic acids is 1. The number of ether oxygens (including phenoxy) is 1. The summed E-state index contributed by atoms with van der Waals surface area (Å²) in [5.41, 5.74) is 1.15. The molecule has 1 aromatic carbocycles. The number of carboxylic acid groups (broad SMARTS) is 1. The molecule has 5 nitrogen and oxygen atoms in total. The molecule has 1 aliphatic heterocycles. The second-order valence-corrected chi connectivity index (χ2v) is 4.40. The average molecular weight is 250 g/mol. The first-order valence-corrected chi connectivity index (χ1v) is 6.03. The summed E-state index contributed by atoms with van der Waals surface area (Å²) < 4.78 is 5.12. The molecule has 0 saturated carbocycles. The zero-order chi connectivity index (χ0) is 13.0. The van der Waals surface area contributed by atoms with E-state index in [1.165, 1.54) is 0 Å². The van der Waals surface area contributed by atoms with Crippen molar-refractivity contribution in [1.82, 2.24) is 5.32 Å². The van der Waals surface area contributed by atoms with Crippen molar-refractivity contribution in [2.24, 2.45) is 0 Å². The van der Waals surface area contributed by atoms with E-state index in [0.717, 1.165) is 30.9 Å². The lowest BCUT2D eigenvalue weighted by Gasteiger charge is -2.19. The monoisotopic (exact) mass is 250 g/mol. The van der Waals surface area contributed by atoms with Gasteiger partial charge in [0.2, 0.25) is 0 Å². The highest BCUT2D eigenvalue weighted by atomic mass is 16.5. The van der Waals surface area contributed by atoms with Gasteiger partial charge in [-0.25, -0.2) is 0 Å².